The standard InChI is InChI=1S/C16H24N2O/c1-18-10-11(9-17)8-15(18)13-6-7-16(19-2)14-5-3-4-12(13)14/h6-7,11,15H,3-5,8-10,17H2,1-2H3. The predicted octanol–water partition coefficient (Wildman–Crippen LogP) is 2.14. The first-order valence-electron chi connectivity index (χ1n) is 7.33. The topological polar surface area (TPSA) is 38.5 Å². The van der Waals surface area contributed by atoms with Crippen LogP contribution in [0, 0.1) is 5.92 Å². The first-order valence-corrected chi connectivity index (χ1v) is 7.33. The van der Waals surface area contributed by atoms with Crippen molar-refractivity contribution in [1.29, 1.82) is 0 Å². The van der Waals surface area contributed by atoms with Gasteiger partial charge in [-0.2, -0.15) is 0 Å². The van der Waals surface area contributed by atoms with E-state index in [4.69, 9.17) is 10.5 Å². The van der Waals surface area contributed by atoms with E-state index in [-0.39, 0.29) is 0 Å². The highest BCUT2D eigenvalue weighted by Gasteiger charge is 2.32. The van der Waals surface area contributed by atoms with Gasteiger partial charge < -0.3 is 10.5 Å². The molecule has 2 atom stereocenters. The van der Waals surface area contributed by atoms with Gasteiger partial charge in [0.05, 0.1) is 7.11 Å². The smallest absolute Gasteiger partial charge is 0.122 e. The van der Waals surface area contributed by atoms with E-state index >= 15 is 0 Å². The minimum Gasteiger partial charge on any atom is -0.496 e. The molecule has 0 amide bonds. The van der Waals surface area contributed by atoms with Crippen LogP contribution in [0.2, 0.25) is 0 Å². The average Bonchev–Trinajstić information content (AvgIpc) is 3.04. The third kappa shape index (κ3) is 2.15. The number of fused-ring (bicyclic) bond motifs is 1. The second kappa shape index (κ2) is 5.14. The molecule has 1 aromatic carbocycles. The van der Waals surface area contributed by atoms with Crippen molar-refractivity contribution in [1.82, 2.24) is 4.90 Å². The van der Waals surface area contributed by atoms with Crippen LogP contribution < -0.4 is 10.5 Å². The van der Waals surface area contributed by atoms with Crippen molar-refractivity contribution in [3.63, 3.8) is 0 Å². The van der Waals surface area contributed by atoms with E-state index < -0.39 is 0 Å². The summed E-state index contributed by atoms with van der Waals surface area (Å²) in [7, 11) is 4.01. The van der Waals surface area contributed by atoms with Crippen LogP contribution in [0.15, 0.2) is 12.1 Å². The summed E-state index contributed by atoms with van der Waals surface area (Å²) in [6, 6.07) is 4.98. The van der Waals surface area contributed by atoms with Gasteiger partial charge in [-0.05, 0) is 68.0 Å². The Balaban J connectivity index is 1.96. The molecule has 0 spiro atoms. The Morgan fingerprint density at radius 2 is 2.11 bits per heavy atom. The van der Waals surface area contributed by atoms with Crippen LogP contribution in [-0.2, 0) is 12.8 Å². The largest absolute Gasteiger partial charge is 0.496 e. The fourth-order valence-electron chi connectivity index (χ4n) is 3.84. The van der Waals surface area contributed by atoms with E-state index in [1.165, 1.54) is 36.8 Å². The SMILES string of the molecule is COc1ccc(C2CC(CN)CN2C)c2c1CCC2. The molecule has 1 fully saturated rings. The molecular formula is C16H24N2O. The van der Waals surface area contributed by atoms with Gasteiger partial charge in [0.1, 0.15) is 5.75 Å². The second-order valence-electron chi connectivity index (χ2n) is 5.96. The zero-order valence-electron chi connectivity index (χ0n) is 12.0. The summed E-state index contributed by atoms with van der Waals surface area (Å²) in [5, 5.41) is 0. The molecule has 0 saturated carbocycles. The Kier molecular flexibility index (Phi) is 3.50. The van der Waals surface area contributed by atoms with Crippen molar-refractivity contribution in [3.05, 3.63) is 28.8 Å². The van der Waals surface area contributed by atoms with Gasteiger partial charge in [0, 0.05) is 12.6 Å². The van der Waals surface area contributed by atoms with Crippen LogP contribution in [-0.4, -0.2) is 32.1 Å². The number of nitrogens with two attached hydrogens (primary N) is 1. The van der Waals surface area contributed by atoms with E-state index in [1.807, 2.05) is 0 Å². The Hall–Kier alpha value is -1.06. The van der Waals surface area contributed by atoms with Gasteiger partial charge >= 0.3 is 0 Å². The molecule has 0 bridgehead atoms. The molecule has 1 aromatic rings. The summed E-state index contributed by atoms with van der Waals surface area (Å²) in [6.45, 7) is 1.93. The zero-order chi connectivity index (χ0) is 13.4. The first-order chi connectivity index (χ1) is 9.24. The molecule has 0 radical (unpaired) electrons. The molecule has 104 valence electrons. The van der Waals surface area contributed by atoms with Gasteiger partial charge in [-0.15, -0.1) is 0 Å². The average molecular weight is 260 g/mol. The maximum absolute atomic E-state index is 5.85. The molecule has 1 aliphatic carbocycles. The van der Waals surface area contributed by atoms with Crippen LogP contribution in [0.1, 0.15) is 35.6 Å². The highest BCUT2D eigenvalue weighted by Crippen LogP contribution is 2.41. The van der Waals surface area contributed by atoms with Crippen LogP contribution in [0.5, 0.6) is 5.75 Å². The fraction of sp³-hybridized carbons (Fsp3) is 0.625. The second-order valence-corrected chi connectivity index (χ2v) is 5.96. The Labute approximate surface area is 115 Å². The summed E-state index contributed by atoms with van der Waals surface area (Å²) in [6.07, 6.45) is 4.84. The molecule has 2 unspecified atom stereocenters. The molecule has 2 aliphatic rings. The Morgan fingerprint density at radius 3 is 2.79 bits per heavy atom. The summed E-state index contributed by atoms with van der Waals surface area (Å²) < 4.78 is 5.51. The normalized spacial score (nSPS) is 26.7. The maximum atomic E-state index is 5.85. The molecule has 1 aliphatic heterocycles. The number of hydrogen-bond acceptors (Lipinski definition) is 3. The molecule has 1 heterocycles. The Morgan fingerprint density at radius 1 is 1.32 bits per heavy atom. The van der Waals surface area contributed by atoms with Crippen molar-refractivity contribution >= 4 is 0 Å². The zero-order valence-corrected chi connectivity index (χ0v) is 12.0. The summed E-state index contributed by atoms with van der Waals surface area (Å²) in [5.74, 6) is 1.72. The maximum Gasteiger partial charge on any atom is 0.122 e. The van der Waals surface area contributed by atoms with Gasteiger partial charge in [-0.1, -0.05) is 6.07 Å². The number of hydrogen-bond donors (Lipinski definition) is 1. The lowest BCUT2D eigenvalue weighted by Gasteiger charge is -2.23. The van der Waals surface area contributed by atoms with Crippen LogP contribution in [0.4, 0.5) is 0 Å². The van der Waals surface area contributed by atoms with Gasteiger partial charge in [-0.25, -0.2) is 0 Å². The molecule has 1 saturated heterocycles. The monoisotopic (exact) mass is 260 g/mol. The van der Waals surface area contributed by atoms with Crippen molar-refractivity contribution in [2.45, 2.75) is 31.7 Å². The lowest BCUT2D eigenvalue weighted by molar-refractivity contribution is 0.312. The van der Waals surface area contributed by atoms with E-state index in [0.29, 0.717) is 12.0 Å². The van der Waals surface area contributed by atoms with E-state index in [9.17, 15) is 0 Å². The fourth-order valence-corrected chi connectivity index (χ4v) is 3.84. The van der Waals surface area contributed by atoms with E-state index in [0.717, 1.165) is 18.8 Å². The van der Waals surface area contributed by atoms with Crippen molar-refractivity contribution in [2.24, 2.45) is 11.7 Å². The number of likely N-dealkylation sites (tertiary alicyclic amines) is 1. The number of ether oxygens (including phenoxy) is 1. The van der Waals surface area contributed by atoms with Crippen LogP contribution in [0.3, 0.4) is 0 Å². The highest BCUT2D eigenvalue weighted by molar-refractivity contribution is 5.49. The molecule has 0 aromatic heterocycles. The number of methoxy groups -OCH3 is 1. The number of nitrogens with zero attached hydrogens (tertiary/aromatic N) is 1. The molecule has 3 nitrogen and oxygen atoms in total. The summed E-state index contributed by atoms with van der Waals surface area (Å²) in [4.78, 5) is 2.47. The van der Waals surface area contributed by atoms with Crippen molar-refractivity contribution < 1.29 is 4.74 Å². The third-order valence-electron chi connectivity index (χ3n) is 4.83. The molecule has 19 heavy (non-hydrogen) atoms. The van der Waals surface area contributed by atoms with Crippen molar-refractivity contribution in [2.75, 3.05) is 27.2 Å². The van der Waals surface area contributed by atoms with Gasteiger partial charge in [0.2, 0.25) is 0 Å². The summed E-state index contributed by atoms with van der Waals surface area (Å²) >= 11 is 0. The summed E-state index contributed by atoms with van der Waals surface area (Å²) in [5.41, 5.74) is 10.4. The Bertz CT molecular complexity index is 472. The minimum absolute atomic E-state index is 0.548. The lowest BCUT2D eigenvalue weighted by atomic mass is 9.93. The molecule has 3 heteroatoms. The molecular weight excluding hydrogens is 236 g/mol. The van der Waals surface area contributed by atoms with Gasteiger partial charge in [0.15, 0.2) is 0 Å². The number of rotatable bonds is 3. The minimum atomic E-state index is 0.548. The van der Waals surface area contributed by atoms with Crippen molar-refractivity contribution in [3.8, 4) is 5.75 Å². The predicted molar refractivity (Wildman–Crippen MR) is 77.6 cm³/mol. The van der Waals surface area contributed by atoms with Gasteiger partial charge in [-0.3, -0.25) is 4.90 Å². The highest BCUT2D eigenvalue weighted by atomic mass is 16.5. The van der Waals surface area contributed by atoms with Crippen LogP contribution in [0.25, 0.3) is 0 Å². The van der Waals surface area contributed by atoms with E-state index in [1.54, 1.807) is 12.7 Å². The number of benzene rings is 1. The first kappa shape index (κ1) is 12.9. The van der Waals surface area contributed by atoms with E-state index in [2.05, 4.69) is 24.1 Å². The quantitative estimate of drug-likeness (QED) is 0.905. The molecule has 3 rings (SSSR count). The lowest BCUT2D eigenvalue weighted by Crippen LogP contribution is -2.21. The third-order valence-corrected chi connectivity index (χ3v) is 4.83. The van der Waals surface area contributed by atoms with Gasteiger partial charge in [0.25, 0.3) is 0 Å². The van der Waals surface area contributed by atoms with Crippen LogP contribution >= 0.6 is 0 Å². The molecule has 2 N–H and O–H groups in total.